The largest absolute Gasteiger partial charge is 0.478 e. The Morgan fingerprint density at radius 1 is 1.33 bits per heavy atom. The molecule has 0 aromatic carbocycles. The maximum atomic E-state index is 11.2. The second kappa shape index (κ2) is 6.58. The Morgan fingerprint density at radius 3 is 2.40 bits per heavy atom. The molecule has 0 spiro atoms. The van der Waals surface area contributed by atoms with Crippen LogP contribution in [0.15, 0.2) is 12.2 Å². The van der Waals surface area contributed by atoms with E-state index in [2.05, 4.69) is 10.6 Å². The summed E-state index contributed by atoms with van der Waals surface area (Å²) >= 11 is 0. The average Bonchev–Trinajstić information content (AvgIpc) is 2.15. The lowest BCUT2D eigenvalue weighted by Crippen LogP contribution is -2.44. The van der Waals surface area contributed by atoms with Gasteiger partial charge in [-0.05, 0) is 13.8 Å². The smallest absolute Gasteiger partial charge is 0.328 e. The maximum Gasteiger partial charge on any atom is 0.328 e. The molecule has 0 aliphatic carbocycles. The van der Waals surface area contributed by atoms with Crippen LogP contribution in [0, 0.1) is 0 Å². The zero-order chi connectivity index (χ0) is 11.8. The van der Waals surface area contributed by atoms with Crippen LogP contribution in [-0.4, -0.2) is 35.5 Å². The van der Waals surface area contributed by atoms with E-state index >= 15 is 0 Å². The molecular formula is C9H14N2O4. The quantitative estimate of drug-likeness (QED) is 0.526. The minimum atomic E-state index is -1.21. The number of carboxylic acid groups (broad SMARTS) is 1. The number of carbonyl (C=O) groups is 3. The second-order valence-corrected chi connectivity index (χ2v) is 2.80. The summed E-state index contributed by atoms with van der Waals surface area (Å²) in [6, 6.07) is -0.684. The Kier molecular flexibility index (Phi) is 5.77. The van der Waals surface area contributed by atoms with Gasteiger partial charge in [0.25, 0.3) is 0 Å². The monoisotopic (exact) mass is 214 g/mol. The first-order valence-electron chi connectivity index (χ1n) is 4.46. The van der Waals surface area contributed by atoms with E-state index < -0.39 is 17.9 Å². The van der Waals surface area contributed by atoms with Crippen LogP contribution in [0.3, 0.4) is 0 Å². The SMILES string of the molecule is CCNC(=O)C(C)NC(=O)/C=C/C(=O)O. The fourth-order valence-electron chi connectivity index (χ4n) is 0.801. The van der Waals surface area contributed by atoms with Crippen molar-refractivity contribution in [2.45, 2.75) is 19.9 Å². The third-order valence-corrected chi connectivity index (χ3v) is 1.48. The second-order valence-electron chi connectivity index (χ2n) is 2.80. The van der Waals surface area contributed by atoms with Crippen molar-refractivity contribution < 1.29 is 19.5 Å². The highest BCUT2D eigenvalue weighted by Crippen LogP contribution is 1.83. The standard InChI is InChI=1S/C9H14N2O4/c1-3-10-9(15)6(2)11-7(12)4-5-8(13)14/h4-6H,3H2,1-2H3,(H,10,15)(H,11,12)(H,13,14)/b5-4+. The van der Waals surface area contributed by atoms with Crippen molar-refractivity contribution in [2.24, 2.45) is 0 Å². The van der Waals surface area contributed by atoms with Gasteiger partial charge in [0.1, 0.15) is 6.04 Å². The number of rotatable bonds is 5. The van der Waals surface area contributed by atoms with E-state index in [1.54, 1.807) is 6.92 Å². The van der Waals surface area contributed by atoms with E-state index in [-0.39, 0.29) is 5.91 Å². The van der Waals surface area contributed by atoms with Crippen molar-refractivity contribution in [2.75, 3.05) is 6.54 Å². The van der Waals surface area contributed by atoms with E-state index in [9.17, 15) is 14.4 Å². The number of aliphatic carboxylic acids is 1. The van der Waals surface area contributed by atoms with Crippen LogP contribution in [-0.2, 0) is 14.4 Å². The summed E-state index contributed by atoms with van der Waals surface area (Å²) in [5.74, 6) is -2.14. The predicted molar refractivity (Wildman–Crippen MR) is 53.1 cm³/mol. The summed E-state index contributed by atoms with van der Waals surface area (Å²) in [4.78, 5) is 32.3. The average molecular weight is 214 g/mol. The third-order valence-electron chi connectivity index (χ3n) is 1.48. The number of hydrogen-bond donors (Lipinski definition) is 3. The van der Waals surface area contributed by atoms with Gasteiger partial charge in [-0.1, -0.05) is 0 Å². The molecule has 0 rings (SSSR count). The third kappa shape index (κ3) is 6.25. The Labute approximate surface area is 87.3 Å². The number of hydrogen-bond acceptors (Lipinski definition) is 3. The van der Waals surface area contributed by atoms with Crippen LogP contribution >= 0.6 is 0 Å². The molecule has 0 aromatic heterocycles. The molecular weight excluding hydrogens is 200 g/mol. The number of likely N-dealkylation sites (N-methyl/N-ethyl adjacent to an activating group) is 1. The Balaban J connectivity index is 4.06. The molecule has 15 heavy (non-hydrogen) atoms. The van der Waals surface area contributed by atoms with Crippen LogP contribution < -0.4 is 10.6 Å². The van der Waals surface area contributed by atoms with Crippen molar-refractivity contribution in [1.29, 1.82) is 0 Å². The summed E-state index contributed by atoms with van der Waals surface area (Å²) in [5, 5.41) is 13.1. The molecule has 84 valence electrons. The molecule has 0 heterocycles. The van der Waals surface area contributed by atoms with Gasteiger partial charge in [-0.25, -0.2) is 4.79 Å². The zero-order valence-electron chi connectivity index (χ0n) is 8.61. The summed E-state index contributed by atoms with van der Waals surface area (Å²) in [6.07, 6.45) is 1.57. The Hall–Kier alpha value is -1.85. The van der Waals surface area contributed by atoms with Gasteiger partial charge in [-0.3, -0.25) is 9.59 Å². The van der Waals surface area contributed by atoms with Gasteiger partial charge in [0.05, 0.1) is 0 Å². The number of carbonyl (C=O) groups excluding carboxylic acids is 2. The highest BCUT2D eigenvalue weighted by Gasteiger charge is 2.12. The highest BCUT2D eigenvalue weighted by atomic mass is 16.4. The van der Waals surface area contributed by atoms with Gasteiger partial charge >= 0.3 is 5.97 Å². The molecule has 3 N–H and O–H groups in total. The first-order chi connectivity index (χ1) is 6.97. The van der Waals surface area contributed by atoms with Gasteiger partial charge in [-0.2, -0.15) is 0 Å². The number of nitrogens with one attached hydrogen (secondary N) is 2. The lowest BCUT2D eigenvalue weighted by molar-refractivity contribution is -0.131. The first kappa shape index (κ1) is 13.2. The zero-order valence-corrected chi connectivity index (χ0v) is 8.61. The van der Waals surface area contributed by atoms with E-state index in [0.29, 0.717) is 12.6 Å². The summed E-state index contributed by atoms with van der Waals surface area (Å²) in [5.41, 5.74) is 0. The van der Waals surface area contributed by atoms with Gasteiger partial charge in [0.2, 0.25) is 11.8 Å². The fraction of sp³-hybridized carbons (Fsp3) is 0.444. The summed E-state index contributed by atoms with van der Waals surface area (Å²) < 4.78 is 0. The van der Waals surface area contributed by atoms with Crippen molar-refractivity contribution in [3.05, 3.63) is 12.2 Å². The molecule has 2 amide bonds. The van der Waals surface area contributed by atoms with Gasteiger partial charge in [0.15, 0.2) is 0 Å². The molecule has 1 atom stereocenters. The Morgan fingerprint density at radius 2 is 1.93 bits per heavy atom. The minimum absolute atomic E-state index is 0.311. The molecule has 6 heteroatoms. The molecule has 0 radical (unpaired) electrons. The fourth-order valence-corrected chi connectivity index (χ4v) is 0.801. The van der Waals surface area contributed by atoms with Gasteiger partial charge in [0, 0.05) is 18.7 Å². The lowest BCUT2D eigenvalue weighted by Gasteiger charge is -2.11. The van der Waals surface area contributed by atoms with Crippen LogP contribution in [0.2, 0.25) is 0 Å². The van der Waals surface area contributed by atoms with Crippen LogP contribution in [0.5, 0.6) is 0 Å². The molecule has 0 fully saturated rings. The molecule has 0 saturated carbocycles. The van der Waals surface area contributed by atoms with Crippen molar-refractivity contribution >= 4 is 17.8 Å². The Bertz CT molecular complexity index is 286. The molecule has 6 nitrogen and oxygen atoms in total. The van der Waals surface area contributed by atoms with E-state index in [0.717, 1.165) is 6.08 Å². The first-order valence-corrected chi connectivity index (χ1v) is 4.46. The molecule has 0 aliphatic heterocycles. The topological polar surface area (TPSA) is 95.5 Å². The van der Waals surface area contributed by atoms with Gasteiger partial charge < -0.3 is 15.7 Å². The van der Waals surface area contributed by atoms with Crippen molar-refractivity contribution in [1.82, 2.24) is 10.6 Å². The highest BCUT2D eigenvalue weighted by molar-refractivity contribution is 5.96. The van der Waals surface area contributed by atoms with E-state index in [1.807, 2.05) is 0 Å². The normalized spacial score (nSPS) is 12.1. The van der Waals surface area contributed by atoms with Crippen LogP contribution in [0.25, 0.3) is 0 Å². The number of carboxylic acids is 1. The van der Waals surface area contributed by atoms with Gasteiger partial charge in [-0.15, -0.1) is 0 Å². The lowest BCUT2D eigenvalue weighted by atomic mass is 10.3. The molecule has 0 bridgehead atoms. The minimum Gasteiger partial charge on any atom is -0.478 e. The van der Waals surface area contributed by atoms with Crippen LogP contribution in [0.1, 0.15) is 13.8 Å². The summed E-state index contributed by atoms with van der Waals surface area (Å²) in [7, 11) is 0. The van der Waals surface area contributed by atoms with Crippen LogP contribution in [0.4, 0.5) is 0 Å². The predicted octanol–water partition coefficient (Wildman–Crippen LogP) is -0.732. The van der Waals surface area contributed by atoms with E-state index in [4.69, 9.17) is 5.11 Å². The van der Waals surface area contributed by atoms with Crippen molar-refractivity contribution in [3.8, 4) is 0 Å². The molecule has 0 saturated heterocycles. The van der Waals surface area contributed by atoms with Crippen molar-refractivity contribution in [3.63, 3.8) is 0 Å². The van der Waals surface area contributed by atoms with E-state index in [1.165, 1.54) is 6.92 Å². The molecule has 0 aromatic rings. The number of amides is 2. The molecule has 0 aliphatic rings. The summed E-state index contributed by atoms with van der Waals surface area (Å²) in [6.45, 7) is 3.75. The maximum absolute atomic E-state index is 11.2. The molecule has 1 unspecified atom stereocenters.